The average molecular weight is 232 g/mol. The third-order valence-corrected chi connectivity index (χ3v) is 1.82. The largest absolute Gasteiger partial charge is 0.462 e. The maximum atomic E-state index is 11.5. The number of hydrogen-bond acceptors (Lipinski definition) is 6. The van der Waals surface area contributed by atoms with Crippen LogP contribution < -0.4 is 0 Å². The SMILES string of the molecule is CCOC(=O)c1cc(N=C=O)ccc1N=C=O. The molecule has 17 heavy (non-hydrogen) atoms. The van der Waals surface area contributed by atoms with Crippen LogP contribution in [0.3, 0.4) is 0 Å². The molecular formula is C11H8N2O4. The van der Waals surface area contributed by atoms with Crippen molar-refractivity contribution < 1.29 is 19.1 Å². The van der Waals surface area contributed by atoms with E-state index in [0.717, 1.165) is 0 Å². The van der Waals surface area contributed by atoms with Crippen LogP contribution in [0.4, 0.5) is 11.4 Å². The second kappa shape index (κ2) is 6.12. The van der Waals surface area contributed by atoms with Crippen molar-refractivity contribution in [2.45, 2.75) is 6.92 Å². The first-order chi connectivity index (χ1) is 8.22. The van der Waals surface area contributed by atoms with Gasteiger partial charge >= 0.3 is 5.97 Å². The Bertz CT molecular complexity index is 526. The van der Waals surface area contributed by atoms with E-state index in [1.165, 1.54) is 30.4 Å². The first kappa shape index (κ1) is 12.5. The molecule has 0 heterocycles. The van der Waals surface area contributed by atoms with Crippen molar-refractivity contribution in [3.63, 3.8) is 0 Å². The lowest BCUT2D eigenvalue weighted by Crippen LogP contribution is -2.04. The molecular weight excluding hydrogens is 224 g/mol. The van der Waals surface area contributed by atoms with Crippen LogP contribution in [0, 0.1) is 0 Å². The molecule has 0 aliphatic heterocycles. The summed E-state index contributed by atoms with van der Waals surface area (Å²) < 4.78 is 4.78. The fraction of sp³-hybridized carbons (Fsp3) is 0.182. The van der Waals surface area contributed by atoms with Crippen LogP contribution in [-0.2, 0) is 14.3 Å². The molecule has 1 aromatic rings. The monoisotopic (exact) mass is 232 g/mol. The standard InChI is InChI=1S/C11H8N2O4/c1-2-17-11(16)9-5-8(12-6-14)3-4-10(9)13-7-15/h3-5H,2H2,1H3. The van der Waals surface area contributed by atoms with E-state index in [0.29, 0.717) is 0 Å². The first-order valence-electron chi connectivity index (χ1n) is 4.69. The zero-order valence-electron chi connectivity index (χ0n) is 8.97. The van der Waals surface area contributed by atoms with Crippen LogP contribution in [0.5, 0.6) is 0 Å². The lowest BCUT2D eigenvalue weighted by molar-refractivity contribution is 0.0527. The van der Waals surface area contributed by atoms with Crippen molar-refractivity contribution in [2.75, 3.05) is 6.61 Å². The van der Waals surface area contributed by atoms with Gasteiger partial charge in [-0.15, -0.1) is 0 Å². The smallest absolute Gasteiger partial charge is 0.340 e. The van der Waals surface area contributed by atoms with Crippen molar-refractivity contribution in [1.82, 2.24) is 0 Å². The molecule has 0 fully saturated rings. The van der Waals surface area contributed by atoms with Gasteiger partial charge in [-0.05, 0) is 25.1 Å². The zero-order valence-corrected chi connectivity index (χ0v) is 8.97. The fourth-order valence-electron chi connectivity index (χ4n) is 1.17. The summed E-state index contributed by atoms with van der Waals surface area (Å²) in [4.78, 5) is 38.6. The molecule has 0 amide bonds. The van der Waals surface area contributed by atoms with Crippen LogP contribution >= 0.6 is 0 Å². The summed E-state index contributed by atoms with van der Waals surface area (Å²) in [7, 11) is 0. The van der Waals surface area contributed by atoms with Gasteiger partial charge in [0.15, 0.2) is 0 Å². The number of nitrogens with zero attached hydrogens (tertiary/aromatic N) is 2. The Morgan fingerprint density at radius 3 is 2.59 bits per heavy atom. The molecule has 0 aliphatic rings. The van der Waals surface area contributed by atoms with E-state index in [1.54, 1.807) is 6.92 Å². The molecule has 0 aromatic heterocycles. The topological polar surface area (TPSA) is 85.2 Å². The van der Waals surface area contributed by atoms with Crippen LogP contribution in [0.25, 0.3) is 0 Å². The van der Waals surface area contributed by atoms with E-state index in [9.17, 15) is 14.4 Å². The van der Waals surface area contributed by atoms with Crippen LogP contribution in [0.15, 0.2) is 28.2 Å². The van der Waals surface area contributed by atoms with E-state index in [4.69, 9.17) is 4.74 Å². The molecule has 0 unspecified atom stereocenters. The molecule has 0 atom stereocenters. The van der Waals surface area contributed by atoms with Crippen LogP contribution in [-0.4, -0.2) is 24.7 Å². The number of benzene rings is 1. The van der Waals surface area contributed by atoms with E-state index in [-0.39, 0.29) is 23.5 Å². The van der Waals surface area contributed by atoms with Crippen LogP contribution in [0.2, 0.25) is 0 Å². The second-order valence-electron chi connectivity index (χ2n) is 2.83. The number of carbonyl (C=O) groups is 1. The first-order valence-corrected chi connectivity index (χ1v) is 4.69. The highest BCUT2D eigenvalue weighted by atomic mass is 16.5. The molecule has 0 bridgehead atoms. The normalized spacial score (nSPS) is 8.76. The molecule has 0 N–H and O–H groups in total. The number of isocyanates is 2. The number of esters is 1. The number of ether oxygens (including phenoxy) is 1. The van der Waals surface area contributed by atoms with Crippen molar-refractivity contribution in [3.8, 4) is 0 Å². The van der Waals surface area contributed by atoms with Gasteiger partial charge < -0.3 is 4.74 Å². The fourth-order valence-corrected chi connectivity index (χ4v) is 1.17. The minimum Gasteiger partial charge on any atom is -0.462 e. The summed E-state index contributed by atoms with van der Waals surface area (Å²) in [6.07, 6.45) is 2.68. The molecule has 0 spiro atoms. The highest BCUT2D eigenvalue weighted by Gasteiger charge is 2.13. The average Bonchev–Trinajstić information content (AvgIpc) is 2.32. The summed E-state index contributed by atoms with van der Waals surface area (Å²) in [5, 5.41) is 0. The number of hydrogen-bond donors (Lipinski definition) is 0. The van der Waals surface area contributed by atoms with Crippen molar-refractivity contribution in [2.24, 2.45) is 9.98 Å². The summed E-state index contributed by atoms with van der Waals surface area (Å²) in [5.74, 6) is -0.649. The highest BCUT2D eigenvalue weighted by molar-refractivity contribution is 5.96. The molecule has 1 aromatic carbocycles. The van der Waals surface area contributed by atoms with Gasteiger partial charge in [-0.3, -0.25) is 0 Å². The number of aliphatic imine (C=N–C) groups is 2. The summed E-state index contributed by atoms with van der Waals surface area (Å²) in [6.45, 7) is 1.83. The summed E-state index contributed by atoms with van der Waals surface area (Å²) in [6, 6.07) is 4.08. The third kappa shape index (κ3) is 3.21. The molecule has 86 valence electrons. The Kier molecular flexibility index (Phi) is 4.51. The Morgan fingerprint density at radius 2 is 2.00 bits per heavy atom. The predicted molar refractivity (Wildman–Crippen MR) is 58.0 cm³/mol. The minimum absolute atomic E-state index is 0.0479. The van der Waals surface area contributed by atoms with Crippen molar-refractivity contribution in [1.29, 1.82) is 0 Å². The molecule has 1 rings (SSSR count). The van der Waals surface area contributed by atoms with Crippen LogP contribution in [0.1, 0.15) is 17.3 Å². The van der Waals surface area contributed by atoms with Gasteiger partial charge in [-0.25, -0.2) is 14.4 Å². The highest BCUT2D eigenvalue weighted by Crippen LogP contribution is 2.25. The Balaban J connectivity index is 3.28. The van der Waals surface area contributed by atoms with Gasteiger partial charge in [0, 0.05) is 0 Å². The summed E-state index contributed by atoms with van der Waals surface area (Å²) >= 11 is 0. The predicted octanol–water partition coefficient (Wildman–Crippen LogP) is 1.80. The molecule has 6 nitrogen and oxygen atoms in total. The van der Waals surface area contributed by atoms with Gasteiger partial charge in [0.25, 0.3) is 0 Å². The lowest BCUT2D eigenvalue weighted by atomic mass is 10.1. The van der Waals surface area contributed by atoms with Crippen molar-refractivity contribution in [3.05, 3.63) is 23.8 Å². The van der Waals surface area contributed by atoms with Gasteiger partial charge in [-0.2, -0.15) is 9.98 Å². The molecule has 0 saturated heterocycles. The Morgan fingerprint density at radius 1 is 1.29 bits per heavy atom. The second-order valence-corrected chi connectivity index (χ2v) is 2.83. The van der Waals surface area contributed by atoms with Crippen molar-refractivity contribution >= 4 is 29.5 Å². The number of carbonyl (C=O) groups excluding carboxylic acids is 3. The third-order valence-electron chi connectivity index (χ3n) is 1.82. The van der Waals surface area contributed by atoms with Gasteiger partial charge in [-0.1, -0.05) is 0 Å². The van der Waals surface area contributed by atoms with Gasteiger partial charge in [0.2, 0.25) is 12.2 Å². The molecule has 0 aliphatic carbocycles. The molecule has 0 radical (unpaired) electrons. The van der Waals surface area contributed by atoms with Gasteiger partial charge in [0.05, 0.1) is 23.5 Å². The number of rotatable bonds is 4. The molecule has 6 heteroatoms. The van der Waals surface area contributed by atoms with Gasteiger partial charge in [0.1, 0.15) is 0 Å². The molecule has 0 saturated carbocycles. The van der Waals surface area contributed by atoms with E-state index < -0.39 is 5.97 Å². The maximum absolute atomic E-state index is 11.5. The van der Waals surface area contributed by atoms with E-state index in [1.807, 2.05) is 0 Å². The minimum atomic E-state index is -0.649. The maximum Gasteiger partial charge on any atom is 0.340 e. The van der Waals surface area contributed by atoms with E-state index in [2.05, 4.69) is 9.98 Å². The Labute approximate surface area is 96.6 Å². The summed E-state index contributed by atoms with van der Waals surface area (Å²) in [5.41, 5.74) is 0.392. The lowest BCUT2D eigenvalue weighted by Gasteiger charge is -2.04. The van der Waals surface area contributed by atoms with E-state index >= 15 is 0 Å². The zero-order chi connectivity index (χ0) is 12.7. The quantitative estimate of drug-likeness (QED) is 0.450. The Hall–Kier alpha value is -2.55.